The molecule has 1 aliphatic carbocycles. The number of alkyl halides is 9. The molecule has 5 aromatic carbocycles. The van der Waals surface area contributed by atoms with E-state index >= 15 is 0 Å². The van der Waals surface area contributed by atoms with Crippen LogP contribution in [-0.4, -0.2) is 41.2 Å². The quantitative estimate of drug-likeness (QED) is 0.0941. The second-order valence-corrected chi connectivity index (χ2v) is 21.0. The van der Waals surface area contributed by atoms with E-state index in [-0.39, 0.29) is 56.1 Å². The third-order valence-corrected chi connectivity index (χ3v) is 14.8. The number of nitrogens with one attached hydrogen (secondary N) is 3. The van der Waals surface area contributed by atoms with Gasteiger partial charge in [-0.15, -0.1) is 0 Å². The molecular weight excluding hydrogens is 1170 g/mol. The lowest BCUT2D eigenvalue weighted by molar-refractivity contribution is -0.266. The first-order chi connectivity index (χ1) is 38.0. The van der Waals surface area contributed by atoms with E-state index in [4.69, 9.17) is 51.1 Å². The summed E-state index contributed by atoms with van der Waals surface area (Å²) in [5.74, 6) is -4.28. The number of rotatable bonds is 14. The van der Waals surface area contributed by atoms with E-state index in [1.165, 1.54) is 60.8 Å². The van der Waals surface area contributed by atoms with Crippen molar-refractivity contribution in [3.63, 3.8) is 0 Å². The molecule has 0 bridgehead atoms. The molecule has 81 heavy (non-hydrogen) atoms. The molecule has 23 heteroatoms. The largest absolute Gasteiger partial charge is 0.430 e. The van der Waals surface area contributed by atoms with Crippen molar-refractivity contribution >= 4 is 58.3 Å². The number of carbonyl (C=O) groups is 2. The minimum Gasteiger partial charge on any atom is -0.356 e. The second-order valence-electron chi connectivity index (χ2n) is 19.3. The summed E-state index contributed by atoms with van der Waals surface area (Å²) >= 11 is 25.1. The van der Waals surface area contributed by atoms with Crippen molar-refractivity contribution in [2.45, 2.75) is 93.6 Å². The van der Waals surface area contributed by atoms with E-state index in [1.807, 2.05) is 6.92 Å². The molecule has 1 fully saturated rings. The first-order valence-corrected chi connectivity index (χ1v) is 26.1. The highest BCUT2D eigenvalue weighted by atomic mass is 35.5. The lowest BCUT2D eigenvalue weighted by atomic mass is 9.78. The SMILES string of the molecule is CO[C@](C(=O)N[C@](Cc1ccc(C)cc1Cl)(c1cc(F)cc(C(F)(F)F)c1)c1ccc(Cl)cn1)(c1ccccc1)C(F)(F)F.Cc1ccc(C[C@@](NC(=O)NC2CCCC2)(c2cc(F)cc(C(F)(F)F)c2)c2ccc(Cl)cn2)c(Cl)c1. The molecule has 0 aliphatic heterocycles. The average Bonchev–Trinajstić information content (AvgIpc) is 2.85. The Hall–Kier alpha value is -6.51. The molecular formula is C58H48Cl4F11N5O3. The molecule has 0 unspecified atom stereocenters. The Balaban J connectivity index is 0.000000237. The number of halogens is 15. The van der Waals surface area contributed by atoms with Crippen molar-refractivity contribution in [3.8, 4) is 0 Å². The number of benzene rings is 5. The lowest BCUT2D eigenvalue weighted by Crippen LogP contribution is -2.61. The topological polar surface area (TPSA) is 105 Å². The van der Waals surface area contributed by atoms with E-state index < -0.39 is 87.5 Å². The van der Waals surface area contributed by atoms with Gasteiger partial charge in [0, 0.05) is 54.0 Å². The Morgan fingerprint density at radius 1 is 0.556 bits per heavy atom. The van der Waals surface area contributed by atoms with Crippen LogP contribution in [0.2, 0.25) is 20.1 Å². The van der Waals surface area contributed by atoms with Gasteiger partial charge in [-0.2, -0.15) is 39.5 Å². The fraction of sp³-hybridized carbons (Fsp3) is 0.276. The molecule has 1 saturated carbocycles. The number of aromatic nitrogens is 2. The number of aryl methyl sites for hydroxylation is 2. The molecule has 7 aromatic rings. The third-order valence-electron chi connectivity index (χ3n) is 13.6. The summed E-state index contributed by atoms with van der Waals surface area (Å²) in [6, 6.07) is 24.3. The number of urea groups is 1. The van der Waals surface area contributed by atoms with Crippen LogP contribution in [-0.2, 0) is 51.4 Å². The fourth-order valence-electron chi connectivity index (χ4n) is 9.65. The van der Waals surface area contributed by atoms with E-state index in [9.17, 15) is 57.9 Å². The maximum Gasteiger partial charge on any atom is 0.430 e. The van der Waals surface area contributed by atoms with Crippen LogP contribution >= 0.6 is 46.4 Å². The maximum atomic E-state index is 14.9. The number of methoxy groups -OCH3 is 1. The molecule has 428 valence electrons. The zero-order valence-electron chi connectivity index (χ0n) is 42.9. The summed E-state index contributed by atoms with van der Waals surface area (Å²) in [6.45, 7) is 3.56. The van der Waals surface area contributed by atoms with Gasteiger partial charge in [-0.05, 0) is 133 Å². The fourth-order valence-corrected chi connectivity index (χ4v) is 10.5. The summed E-state index contributed by atoms with van der Waals surface area (Å²) < 4.78 is 162. The van der Waals surface area contributed by atoms with Gasteiger partial charge in [0.1, 0.15) is 22.7 Å². The first-order valence-electron chi connectivity index (χ1n) is 24.6. The molecule has 0 radical (unpaired) electrons. The number of amides is 3. The Labute approximate surface area is 478 Å². The molecule has 2 heterocycles. The molecule has 3 atom stereocenters. The van der Waals surface area contributed by atoms with E-state index in [2.05, 4.69) is 25.9 Å². The number of ether oxygens (including phenoxy) is 1. The summed E-state index contributed by atoms with van der Waals surface area (Å²) in [6.07, 6.45) is -9.99. The van der Waals surface area contributed by atoms with Gasteiger partial charge in [0.25, 0.3) is 11.5 Å². The van der Waals surface area contributed by atoms with Crippen LogP contribution in [0.25, 0.3) is 0 Å². The van der Waals surface area contributed by atoms with E-state index in [0.29, 0.717) is 41.5 Å². The average molecular weight is 1210 g/mol. The van der Waals surface area contributed by atoms with Crippen molar-refractivity contribution < 1.29 is 62.6 Å². The monoisotopic (exact) mass is 1210 g/mol. The molecule has 3 N–H and O–H groups in total. The number of hydrogen-bond donors (Lipinski definition) is 3. The molecule has 3 amide bonds. The summed E-state index contributed by atoms with van der Waals surface area (Å²) in [4.78, 5) is 35.9. The number of hydrogen-bond acceptors (Lipinski definition) is 5. The Kier molecular flexibility index (Phi) is 19.1. The smallest absolute Gasteiger partial charge is 0.356 e. The van der Waals surface area contributed by atoms with E-state index in [1.54, 1.807) is 31.2 Å². The number of nitrogens with zero attached hydrogens (tertiary/aromatic N) is 2. The Bertz CT molecular complexity index is 3370. The van der Waals surface area contributed by atoms with Gasteiger partial charge in [-0.25, -0.2) is 13.6 Å². The van der Waals surface area contributed by atoms with Crippen molar-refractivity contribution in [1.82, 2.24) is 25.9 Å². The third kappa shape index (κ3) is 14.2. The Morgan fingerprint density at radius 2 is 0.988 bits per heavy atom. The van der Waals surface area contributed by atoms with Crippen LogP contribution in [0, 0.1) is 25.5 Å². The normalized spacial score (nSPS) is 15.3. The zero-order valence-corrected chi connectivity index (χ0v) is 45.9. The molecule has 0 spiro atoms. The Morgan fingerprint density at radius 3 is 1.37 bits per heavy atom. The summed E-state index contributed by atoms with van der Waals surface area (Å²) in [5.41, 5.74) is -9.48. The molecule has 1 aliphatic rings. The number of carbonyl (C=O) groups excluding carboxylic acids is 2. The predicted molar refractivity (Wildman–Crippen MR) is 286 cm³/mol. The van der Waals surface area contributed by atoms with Crippen molar-refractivity contribution in [3.05, 3.63) is 233 Å². The molecule has 0 saturated heterocycles. The van der Waals surface area contributed by atoms with Gasteiger partial charge >= 0.3 is 24.6 Å². The van der Waals surface area contributed by atoms with Gasteiger partial charge in [0.2, 0.25) is 0 Å². The second kappa shape index (κ2) is 24.9. The predicted octanol–water partition coefficient (Wildman–Crippen LogP) is 16.1. The van der Waals surface area contributed by atoms with Gasteiger partial charge < -0.3 is 20.7 Å². The van der Waals surface area contributed by atoms with Gasteiger partial charge in [0.05, 0.1) is 32.6 Å². The van der Waals surface area contributed by atoms with Crippen molar-refractivity contribution in [2.75, 3.05) is 7.11 Å². The van der Waals surface area contributed by atoms with Crippen LogP contribution in [0.4, 0.5) is 53.1 Å². The highest BCUT2D eigenvalue weighted by Crippen LogP contribution is 2.46. The van der Waals surface area contributed by atoms with Crippen LogP contribution in [0.1, 0.15) is 87.1 Å². The van der Waals surface area contributed by atoms with Crippen molar-refractivity contribution in [1.29, 1.82) is 0 Å². The lowest BCUT2D eigenvalue weighted by Gasteiger charge is -2.40. The van der Waals surface area contributed by atoms with E-state index in [0.717, 1.165) is 61.7 Å². The van der Waals surface area contributed by atoms with Crippen LogP contribution in [0.15, 0.2) is 140 Å². The molecule has 8 nitrogen and oxygen atoms in total. The highest BCUT2D eigenvalue weighted by molar-refractivity contribution is 6.32. The number of pyridine rings is 2. The first kappa shape index (κ1) is 62.1. The minimum atomic E-state index is -5.38. The summed E-state index contributed by atoms with van der Waals surface area (Å²) in [5, 5.41) is 8.85. The summed E-state index contributed by atoms with van der Waals surface area (Å²) in [7, 11) is 0.670. The van der Waals surface area contributed by atoms with Crippen LogP contribution < -0.4 is 16.0 Å². The van der Waals surface area contributed by atoms with Crippen molar-refractivity contribution in [2.24, 2.45) is 0 Å². The maximum absolute atomic E-state index is 14.9. The molecule has 2 aromatic heterocycles. The van der Waals surface area contributed by atoms with Gasteiger partial charge in [0.15, 0.2) is 0 Å². The zero-order chi connectivity index (χ0) is 59.3. The van der Waals surface area contributed by atoms with Crippen LogP contribution in [0.5, 0.6) is 0 Å². The van der Waals surface area contributed by atoms with Gasteiger partial charge in [-0.1, -0.05) is 114 Å². The van der Waals surface area contributed by atoms with Gasteiger partial charge in [-0.3, -0.25) is 14.8 Å². The standard InChI is InChI=1S/C31H23Cl2F7N2O2.C27H25Cl2F4N3O/c1-18-8-9-19(25(33)12-18)16-28(26-11-10-23(32)17-41-26,21-13-22(30(35,36)37)15-24(34)14-21)42-27(43)29(44-2,31(38,39)40)20-6-4-3-5-7-20;1-16-6-7-17(23(29)10-16)14-26(24-9-8-20(28)15-34-24,36-25(37)35-22-4-2-3-5-22)18-11-19(27(31,32)33)13-21(30)12-18/h3-15,17H,16H2,1-2H3,(H,42,43);6-13,15,22H,2-5,14H2,1H3,(H2,35,36,37)/t28-,29+;26-/m11/s1. The van der Waals surface area contributed by atoms with Crippen LogP contribution in [0.3, 0.4) is 0 Å². The highest BCUT2D eigenvalue weighted by Gasteiger charge is 2.64. The minimum absolute atomic E-state index is 0.0721. The molecule has 8 rings (SSSR count).